The molecule has 0 radical (unpaired) electrons. The van der Waals surface area contributed by atoms with Crippen LogP contribution in [-0.2, 0) is 25.7 Å². The molecule has 0 aromatic carbocycles. The molecule has 8 nitrogen and oxygen atoms in total. The van der Waals surface area contributed by atoms with E-state index in [9.17, 15) is 19.2 Å². The highest BCUT2D eigenvalue weighted by Gasteiger charge is 2.30. The smallest absolute Gasteiger partial charge is 0.310 e. The van der Waals surface area contributed by atoms with E-state index in [1.54, 1.807) is 31.0 Å². The van der Waals surface area contributed by atoms with Crippen molar-refractivity contribution in [2.45, 2.75) is 33.2 Å². The lowest BCUT2D eigenvalue weighted by atomic mass is 9.98. The number of hydrogen-bond acceptors (Lipinski definition) is 6. The molecule has 1 aliphatic rings. The van der Waals surface area contributed by atoms with Crippen LogP contribution < -0.4 is 5.32 Å². The number of nitrogens with zero attached hydrogens (tertiary/aromatic N) is 2. The SMILES string of the molecule is CCOC(=O)C1CCCN(C(=O)CN(C)C(=O)c2ccc(CNC(C)=O)s2)C1. The molecule has 9 heteroatoms. The second kappa shape index (κ2) is 10.2. The van der Waals surface area contributed by atoms with Crippen LogP contribution in [0.5, 0.6) is 0 Å². The number of carbonyl (C=O) groups is 4. The number of amides is 3. The van der Waals surface area contributed by atoms with Crippen LogP contribution in [0.4, 0.5) is 0 Å². The minimum Gasteiger partial charge on any atom is -0.466 e. The summed E-state index contributed by atoms with van der Waals surface area (Å²) < 4.78 is 5.06. The first-order valence-electron chi connectivity index (χ1n) is 9.34. The van der Waals surface area contributed by atoms with Crippen molar-refractivity contribution < 1.29 is 23.9 Å². The van der Waals surface area contributed by atoms with Crippen molar-refractivity contribution >= 4 is 35.0 Å². The number of likely N-dealkylation sites (N-methyl/N-ethyl adjacent to an activating group) is 1. The van der Waals surface area contributed by atoms with Gasteiger partial charge in [-0.05, 0) is 31.9 Å². The van der Waals surface area contributed by atoms with Gasteiger partial charge in [-0.2, -0.15) is 0 Å². The molecule has 0 aliphatic carbocycles. The zero-order valence-electron chi connectivity index (χ0n) is 16.5. The van der Waals surface area contributed by atoms with Crippen molar-refractivity contribution in [2.75, 3.05) is 33.3 Å². The van der Waals surface area contributed by atoms with E-state index in [-0.39, 0.29) is 36.2 Å². The van der Waals surface area contributed by atoms with E-state index >= 15 is 0 Å². The average molecular weight is 410 g/mol. The second-order valence-electron chi connectivity index (χ2n) is 6.77. The standard InChI is InChI=1S/C19H27N3O5S/c1-4-27-19(26)14-6-5-9-22(11-14)17(24)12-21(3)18(25)16-8-7-15(28-16)10-20-13(2)23/h7-8,14H,4-6,9-12H2,1-3H3,(H,20,23). The summed E-state index contributed by atoms with van der Waals surface area (Å²) in [5.41, 5.74) is 0. The van der Waals surface area contributed by atoms with Crippen LogP contribution >= 0.6 is 11.3 Å². The van der Waals surface area contributed by atoms with E-state index in [4.69, 9.17) is 4.74 Å². The van der Waals surface area contributed by atoms with Crippen LogP contribution in [0.1, 0.15) is 41.2 Å². The Morgan fingerprint density at radius 3 is 2.75 bits per heavy atom. The first-order valence-corrected chi connectivity index (χ1v) is 10.2. The van der Waals surface area contributed by atoms with Crippen LogP contribution in [-0.4, -0.2) is 66.8 Å². The van der Waals surface area contributed by atoms with Crippen molar-refractivity contribution in [2.24, 2.45) is 5.92 Å². The molecule has 1 aromatic rings. The zero-order valence-corrected chi connectivity index (χ0v) is 17.3. The third-order valence-corrected chi connectivity index (χ3v) is 5.57. The molecule has 0 spiro atoms. The summed E-state index contributed by atoms with van der Waals surface area (Å²) in [6, 6.07) is 3.49. The molecule has 1 aromatic heterocycles. The zero-order chi connectivity index (χ0) is 20.7. The first-order chi connectivity index (χ1) is 13.3. The molecule has 2 rings (SSSR count). The number of likely N-dealkylation sites (tertiary alicyclic amines) is 1. The van der Waals surface area contributed by atoms with Gasteiger partial charge in [0.05, 0.1) is 30.5 Å². The molecule has 0 bridgehead atoms. The van der Waals surface area contributed by atoms with Gasteiger partial charge in [0.25, 0.3) is 5.91 Å². The lowest BCUT2D eigenvalue weighted by Crippen LogP contribution is -2.47. The fourth-order valence-electron chi connectivity index (χ4n) is 3.02. The van der Waals surface area contributed by atoms with E-state index in [0.717, 1.165) is 11.3 Å². The van der Waals surface area contributed by atoms with Gasteiger partial charge >= 0.3 is 5.97 Å². The van der Waals surface area contributed by atoms with Crippen molar-refractivity contribution in [3.8, 4) is 0 Å². The Balaban J connectivity index is 1.89. The fraction of sp³-hybridized carbons (Fsp3) is 0.579. The summed E-state index contributed by atoms with van der Waals surface area (Å²) in [5, 5.41) is 2.69. The van der Waals surface area contributed by atoms with Crippen LogP contribution in [0, 0.1) is 5.92 Å². The Morgan fingerprint density at radius 2 is 2.07 bits per heavy atom. The highest BCUT2D eigenvalue weighted by molar-refractivity contribution is 7.14. The maximum Gasteiger partial charge on any atom is 0.310 e. The number of ether oxygens (including phenoxy) is 1. The van der Waals surface area contributed by atoms with Crippen LogP contribution in [0.15, 0.2) is 12.1 Å². The number of carbonyl (C=O) groups excluding carboxylic acids is 4. The molecule has 154 valence electrons. The van der Waals surface area contributed by atoms with Crippen molar-refractivity contribution in [1.82, 2.24) is 15.1 Å². The molecule has 1 fully saturated rings. The molecule has 2 heterocycles. The number of thiophene rings is 1. The third-order valence-electron chi connectivity index (χ3n) is 4.50. The Labute approximate surface area is 168 Å². The number of piperidine rings is 1. The van der Waals surface area contributed by atoms with Crippen LogP contribution in [0.25, 0.3) is 0 Å². The van der Waals surface area contributed by atoms with E-state index in [1.165, 1.54) is 23.2 Å². The Bertz CT molecular complexity index is 733. The molecule has 3 amide bonds. The maximum absolute atomic E-state index is 12.6. The predicted molar refractivity (Wildman–Crippen MR) is 105 cm³/mol. The van der Waals surface area contributed by atoms with Gasteiger partial charge in [0.2, 0.25) is 11.8 Å². The number of nitrogens with one attached hydrogen (secondary N) is 1. The number of rotatable bonds is 7. The lowest BCUT2D eigenvalue weighted by molar-refractivity contribution is -0.151. The monoisotopic (exact) mass is 409 g/mol. The van der Waals surface area contributed by atoms with Crippen LogP contribution in [0.3, 0.4) is 0 Å². The van der Waals surface area contributed by atoms with Gasteiger partial charge in [0.1, 0.15) is 0 Å². The Kier molecular flexibility index (Phi) is 7.98. The molecule has 1 unspecified atom stereocenters. The normalized spacial score (nSPS) is 16.4. The molecular weight excluding hydrogens is 382 g/mol. The van der Waals surface area contributed by atoms with Gasteiger partial charge in [-0.1, -0.05) is 0 Å². The topological polar surface area (TPSA) is 96.0 Å². The molecule has 28 heavy (non-hydrogen) atoms. The quantitative estimate of drug-likeness (QED) is 0.684. The van der Waals surface area contributed by atoms with Gasteiger partial charge in [0.15, 0.2) is 0 Å². The molecular formula is C19H27N3O5S. The maximum atomic E-state index is 12.6. The van der Waals surface area contributed by atoms with E-state index < -0.39 is 0 Å². The summed E-state index contributed by atoms with van der Waals surface area (Å²) in [4.78, 5) is 52.5. The highest BCUT2D eigenvalue weighted by Crippen LogP contribution is 2.20. The number of esters is 1. The van der Waals surface area contributed by atoms with Crippen LogP contribution in [0.2, 0.25) is 0 Å². The summed E-state index contributed by atoms with van der Waals surface area (Å²) in [6.07, 6.45) is 1.45. The molecule has 0 saturated carbocycles. The van der Waals surface area contributed by atoms with E-state index in [2.05, 4.69) is 5.32 Å². The third kappa shape index (κ3) is 6.05. The van der Waals surface area contributed by atoms with Gasteiger partial charge in [-0.3, -0.25) is 19.2 Å². The highest BCUT2D eigenvalue weighted by atomic mass is 32.1. The minimum absolute atomic E-state index is 0.0483. The first kappa shape index (κ1) is 21.9. The van der Waals surface area contributed by atoms with Gasteiger partial charge in [-0.15, -0.1) is 11.3 Å². The predicted octanol–water partition coefficient (Wildman–Crippen LogP) is 1.26. The molecule has 1 aliphatic heterocycles. The number of hydrogen-bond donors (Lipinski definition) is 1. The second-order valence-corrected chi connectivity index (χ2v) is 7.94. The summed E-state index contributed by atoms with van der Waals surface area (Å²) >= 11 is 1.29. The fourth-order valence-corrected chi connectivity index (χ4v) is 3.96. The van der Waals surface area contributed by atoms with Crippen molar-refractivity contribution in [3.05, 3.63) is 21.9 Å². The lowest BCUT2D eigenvalue weighted by Gasteiger charge is -2.32. The average Bonchev–Trinajstić information content (AvgIpc) is 3.15. The van der Waals surface area contributed by atoms with Gasteiger partial charge in [-0.25, -0.2) is 0 Å². The minimum atomic E-state index is -0.299. The van der Waals surface area contributed by atoms with Gasteiger partial charge in [0, 0.05) is 31.9 Å². The van der Waals surface area contributed by atoms with E-state index in [1.807, 2.05) is 0 Å². The Morgan fingerprint density at radius 1 is 1.32 bits per heavy atom. The van der Waals surface area contributed by atoms with Crippen molar-refractivity contribution in [3.63, 3.8) is 0 Å². The van der Waals surface area contributed by atoms with Gasteiger partial charge < -0.3 is 19.9 Å². The summed E-state index contributed by atoms with van der Waals surface area (Å²) in [5.74, 6) is -1.13. The molecule has 1 atom stereocenters. The summed E-state index contributed by atoms with van der Waals surface area (Å²) in [6.45, 7) is 4.76. The van der Waals surface area contributed by atoms with E-state index in [0.29, 0.717) is 37.5 Å². The largest absolute Gasteiger partial charge is 0.466 e. The molecule has 1 N–H and O–H groups in total. The molecule has 1 saturated heterocycles. The van der Waals surface area contributed by atoms with Crippen molar-refractivity contribution in [1.29, 1.82) is 0 Å². The summed E-state index contributed by atoms with van der Waals surface area (Å²) in [7, 11) is 1.58. The Hall–Kier alpha value is -2.42.